The molecule has 4 atom stereocenters. The van der Waals surface area contributed by atoms with Gasteiger partial charge in [-0.25, -0.2) is 0 Å². The first-order valence-corrected chi connectivity index (χ1v) is 11.7. The summed E-state index contributed by atoms with van der Waals surface area (Å²) in [5, 5.41) is 14.1. The molecule has 0 bridgehead atoms. The van der Waals surface area contributed by atoms with Gasteiger partial charge in [0.2, 0.25) is 5.91 Å². The third kappa shape index (κ3) is 5.11. The number of hydrogen-bond donors (Lipinski definition) is 2. The van der Waals surface area contributed by atoms with E-state index in [9.17, 15) is 14.7 Å². The van der Waals surface area contributed by atoms with Gasteiger partial charge in [-0.3, -0.25) is 9.59 Å². The van der Waals surface area contributed by atoms with Gasteiger partial charge in [0, 0.05) is 28.5 Å². The lowest BCUT2D eigenvalue weighted by Crippen LogP contribution is -2.57. The van der Waals surface area contributed by atoms with E-state index in [1.807, 2.05) is 67.4 Å². The lowest BCUT2D eigenvalue weighted by Gasteiger charge is -2.52. The fraction of sp³-hybridized carbons (Fsp3) is 0.440. The van der Waals surface area contributed by atoms with Crippen molar-refractivity contribution in [3.63, 3.8) is 0 Å². The van der Waals surface area contributed by atoms with Crippen molar-refractivity contribution < 1.29 is 14.7 Å². The summed E-state index contributed by atoms with van der Waals surface area (Å²) < 4.78 is 0. The van der Waals surface area contributed by atoms with Crippen LogP contribution in [0.5, 0.6) is 0 Å². The minimum Gasteiger partial charge on any atom is -0.481 e. The Morgan fingerprint density at radius 3 is 2.44 bits per heavy atom. The van der Waals surface area contributed by atoms with E-state index in [1.54, 1.807) is 6.92 Å². The first-order chi connectivity index (χ1) is 15.2. The topological polar surface area (TPSA) is 69.6 Å². The Morgan fingerprint density at radius 1 is 1.19 bits per heavy atom. The second kappa shape index (κ2) is 10.2. The molecule has 1 fully saturated rings. The SMILES string of the molecule is CC[C@@H](CNC)N1C(=O)[C@@](C)(CC(=O)O)C[C@H](c2cccc(Cl)c2)[C@H]1c1ccc(Cl)cc1. The molecule has 1 saturated heterocycles. The van der Waals surface area contributed by atoms with Gasteiger partial charge in [-0.15, -0.1) is 0 Å². The summed E-state index contributed by atoms with van der Waals surface area (Å²) >= 11 is 12.5. The molecule has 0 aromatic heterocycles. The number of carbonyl (C=O) groups is 2. The Labute approximate surface area is 199 Å². The molecule has 1 aliphatic heterocycles. The van der Waals surface area contributed by atoms with Crippen LogP contribution < -0.4 is 5.32 Å². The van der Waals surface area contributed by atoms with Crippen LogP contribution in [0.4, 0.5) is 0 Å². The number of aliphatic carboxylic acids is 1. The highest BCUT2D eigenvalue weighted by atomic mass is 35.5. The number of amides is 1. The molecule has 1 heterocycles. The Balaban J connectivity index is 2.22. The maximum absolute atomic E-state index is 13.9. The number of likely N-dealkylation sites (N-methyl/N-ethyl adjacent to an activating group) is 1. The first kappa shape index (κ1) is 24.6. The molecule has 32 heavy (non-hydrogen) atoms. The number of carboxylic acids is 1. The maximum Gasteiger partial charge on any atom is 0.304 e. The van der Waals surface area contributed by atoms with Crippen LogP contribution in [0.25, 0.3) is 0 Å². The smallest absolute Gasteiger partial charge is 0.304 e. The average molecular weight is 477 g/mol. The fourth-order valence-corrected chi connectivity index (χ4v) is 5.28. The Kier molecular flexibility index (Phi) is 7.86. The zero-order valence-corrected chi connectivity index (χ0v) is 20.2. The zero-order valence-electron chi connectivity index (χ0n) is 18.6. The minimum atomic E-state index is -1.02. The van der Waals surface area contributed by atoms with Crippen molar-refractivity contribution in [3.8, 4) is 0 Å². The number of hydrogen-bond acceptors (Lipinski definition) is 3. The number of benzene rings is 2. The maximum atomic E-state index is 13.9. The number of nitrogens with one attached hydrogen (secondary N) is 1. The number of rotatable bonds is 8. The summed E-state index contributed by atoms with van der Waals surface area (Å²) in [6.07, 6.45) is 0.934. The number of nitrogens with zero attached hydrogens (tertiary/aromatic N) is 1. The number of halogens is 2. The second-order valence-corrected chi connectivity index (χ2v) is 9.70. The molecular formula is C25H30Cl2N2O3. The summed E-state index contributed by atoms with van der Waals surface area (Å²) in [5.41, 5.74) is 0.939. The summed E-state index contributed by atoms with van der Waals surface area (Å²) in [5.74, 6) is -1.22. The Morgan fingerprint density at radius 2 is 1.88 bits per heavy atom. The highest BCUT2D eigenvalue weighted by molar-refractivity contribution is 6.30. The van der Waals surface area contributed by atoms with Gasteiger partial charge in [0.25, 0.3) is 0 Å². The number of carbonyl (C=O) groups excluding carboxylic acids is 1. The quantitative estimate of drug-likeness (QED) is 0.525. The molecule has 0 aliphatic carbocycles. The number of carboxylic acid groups (broad SMARTS) is 1. The van der Waals surface area contributed by atoms with Crippen LogP contribution >= 0.6 is 23.2 Å². The van der Waals surface area contributed by atoms with E-state index < -0.39 is 11.4 Å². The van der Waals surface area contributed by atoms with Gasteiger partial charge in [-0.05, 0) is 55.3 Å². The van der Waals surface area contributed by atoms with E-state index in [1.165, 1.54) is 0 Å². The van der Waals surface area contributed by atoms with Crippen LogP contribution in [0.2, 0.25) is 10.0 Å². The van der Waals surface area contributed by atoms with Crippen LogP contribution in [0, 0.1) is 5.41 Å². The molecule has 2 aromatic rings. The summed E-state index contributed by atoms with van der Waals surface area (Å²) in [4.78, 5) is 27.6. The van der Waals surface area contributed by atoms with Gasteiger partial charge in [-0.2, -0.15) is 0 Å². The van der Waals surface area contributed by atoms with Gasteiger partial charge in [0.15, 0.2) is 0 Å². The summed E-state index contributed by atoms with van der Waals surface area (Å²) in [6.45, 7) is 4.43. The summed E-state index contributed by atoms with van der Waals surface area (Å²) in [6, 6.07) is 14.9. The Hall–Kier alpha value is -2.08. The highest BCUT2D eigenvalue weighted by Crippen LogP contribution is 2.52. The lowest BCUT2D eigenvalue weighted by atomic mass is 9.67. The normalized spacial score (nSPS) is 24.4. The standard InChI is InChI=1S/C25H30Cl2N2O3/c1-4-20(15-28-3)29-23(16-8-10-18(26)11-9-16)21(17-6-5-7-19(27)12-17)13-25(2,24(29)32)14-22(30)31/h5-12,20-21,23,28H,4,13-15H2,1-3H3,(H,30,31)/t20-,21+,23+,25+/m0/s1. The molecule has 2 N–H and O–H groups in total. The van der Waals surface area contributed by atoms with Crippen LogP contribution in [0.15, 0.2) is 48.5 Å². The van der Waals surface area contributed by atoms with Crippen LogP contribution in [-0.2, 0) is 9.59 Å². The predicted octanol–water partition coefficient (Wildman–Crippen LogP) is 5.53. The lowest BCUT2D eigenvalue weighted by molar-refractivity contribution is -0.160. The molecule has 2 aromatic carbocycles. The van der Waals surface area contributed by atoms with Gasteiger partial charge in [-0.1, -0.05) is 61.3 Å². The second-order valence-electron chi connectivity index (χ2n) is 8.83. The van der Waals surface area contributed by atoms with E-state index in [4.69, 9.17) is 23.2 Å². The predicted molar refractivity (Wildman–Crippen MR) is 128 cm³/mol. The molecule has 0 spiro atoms. The van der Waals surface area contributed by atoms with Gasteiger partial charge < -0.3 is 15.3 Å². The highest BCUT2D eigenvalue weighted by Gasteiger charge is 2.52. The van der Waals surface area contributed by atoms with Crippen molar-refractivity contribution in [3.05, 3.63) is 69.7 Å². The van der Waals surface area contributed by atoms with Crippen molar-refractivity contribution in [2.75, 3.05) is 13.6 Å². The molecule has 0 unspecified atom stereocenters. The average Bonchev–Trinajstić information content (AvgIpc) is 2.74. The van der Waals surface area contributed by atoms with Crippen LogP contribution in [0.1, 0.15) is 56.2 Å². The first-order valence-electron chi connectivity index (χ1n) is 10.9. The van der Waals surface area contributed by atoms with E-state index in [-0.39, 0.29) is 30.3 Å². The minimum absolute atomic E-state index is 0.0942. The molecule has 3 rings (SSSR count). The molecular weight excluding hydrogens is 447 g/mol. The molecule has 7 heteroatoms. The fourth-order valence-electron chi connectivity index (χ4n) is 4.96. The Bertz CT molecular complexity index is 966. The van der Waals surface area contributed by atoms with Gasteiger partial charge in [0.05, 0.1) is 17.9 Å². The van der Waals surface area contributed by atoms with E-state index in [0.29, 0.717) is 23.0 Å². The van der Waals surface area contributed by atoms with Gasteiger partial charge >= 0.3 is 5.97 Å². The largest absolute Gasteiger partial charge is 0.481 e. The van der Waals surface area contributed by atoms with E-state index in [2.05, 4.69) is 5.32 Å². The monoisotopic (exact) mass is 476 g/mol. The van der Waals surface area contributed by atoms with E-state index in [0.717, 1.165) is 17.5 Å². The molecule has 0 radical (unpaired) electrons. The van der Waals surface area contributed by atoms with Crippen molar-refractivity contribution in [1.29, 1.82) is 0 Å². The van der Waals surface area contributed by atoms with E-state index >= 15 is 0 Å². The summed E-state index contributed by atoms with van der Waals surface area (Å²) in [7, 11) is 1.86. The van der Waals surface area contributed by atoms with Crippen LogP contribution in [-0.4, -0.2) is 41.5 Å². The van der Waals surface area contributed by atoms with Crippen LogP contribution in [0.3, 0.4) is 0 Å². The zero-order chi connectivity index (χ0) is 23.5. The molecule has 1 amide bonds. The third-order valence-electron chi connectivity index (χ3n) is 6.44. The number of piperidine rings is 1. The van der Waals surface area contributed by atoms with Gasteiger partial charge in [0.1, 0.15) is 0 Å². The van der Waals surface area contributed by atoms with Crippen molar-refractivity contribution in [2.45, 2.75) is 51.1 Å². The molecule has 5 nitrogen and oxygen atoms in total. The molecule has 1 aliphatic rings. The molecule has 172 valence electrons. The molecule has 0 saturated carbocycles. The number of likely N-dealkylation sites (tertiary alicyclic amines) is 1. The van der Waals surface area contributed by atoms with Crippen molar-refractivity contribution in [1.82, 2.24) is 10.2 Å². The van der Waals surface area contributed by atoms with Crippen molar-refractivity contribution >= 4 is 35.1 Å². The van der Waals surface area contributed by atoms with Crippen molar-refractivity contribution in [2.24, 2.45) is 5.41 Å². The third-order valence-corrected chi connectivity index (χ3v) is 6.92.